The molecular weight excluding hydrogens is 348 g/mol. The van der Waals surface area contributed by atoms with Crippen molar-refractivity contribution in [3.8, 4) is 0 Å². The van der Waals surface area contributed by atoms with Crippen LogP contribution in [0.2, 0.25) is 0 Å². The van der Waals surface area contributed by atoms with Crippen LogP contribution in [0.3, 0.4) is 0 Å². The monoisotopic (exact) mass is 356 g/mol. The van der Waals surface area contributed by atoms with Crippen molar-refractivity contribution >= 4 is 34.5 Å². The number of rotatable bonds is 5. The number of amides is 1. The first-order valence-corrected chi connectivity index (χ1v) is 6.93. The molecule has 130 valence electrons. The van der Waals surface area contributed by atoms with Gasteiger partial charge >= 0.3 is 0 Å². The number of non-ortho nitro benzene ring substituents is 2. The smallest absolute Gasteiger partial charge is 0.267 e. The summed E-state index contributed by atoms with van der Waals surface area (Å²) in [4.78, 5) is 32.1. The minimum absolute atomic E-state index is 0.265. The van der Waals surface area contributed by atoms with E-state index in [1.165, 1.54) is 6.21 Å². The highest BCUT2D eigenvalue weighted by atomic mass is 16.6. The lowest BCUT2D eigenvalue weighted by molar-refractivity contribution is -0.394. The van der Waals surface area contributed by atoms with Gasteiger partial charge in [0.1, 0.15) is 11.0 Å². The molecule has 26 heavy (non-hydrogen) atoms. The molecule has 1 aromatic heterocycles. The number of nitro groups is 2. The van der Waals surface area contributed by atoms with Gasteiger partial charge in [-0.3, -0.25) is 25.0 Å². The predicted octanol–water partition coefficient (Wildman–Crippen LogP) is 1.80. The molecule has 0 spiro atoms. The van der Waals surface area contributed by atoms with Crippen LogP contribution in [0.4, 0.5) is 11.4 Å². The molecule has 0 radical (unpaired) electrons. The maximum absolute atomic E-state index is 12.0. The second-order valence-electron chi connectivity index (χ2n) is 4.96. The number of nitrogens with one attached hydrogen (secondary N) is 1. The molecule has 1 N–H and O–H groups in total. The van der Waals surface area contributed by atoms with Crippen molar-refractivity contribution in [1.82, 2.24) is 15.7 Å². The van der Waals surface area contributed by atoms with E-state index < -0.39 is 27.1 Å². The summed E-state index contributed by atoms with van der Waals surface area (Å²) in [6.07, 6.45) is 1.30. The van der Waals surface area contributed by atoms with Crippen LogP contribution < -0.4 is 5.43 Å². The second kappa shape index (κ2) is 6.72. The highest BCUT2D eigenvalue weighted by Crippen LogP contribution is 2.22. The molecule has 0 aliphatic rings. The number of nitrogens with zero attached hydrogens (tertiary/aromatic N) is 5. The first-order valence-electron chi connectivity index (χ1n) is 6.93. The Morgan fingerprint density at radius 1 is 1.04 bits per heavy atom. The lowest BCUT2D eigenvalue weighted by Crippen LogP contribution is -2.18. The van der Waals surface area contributed by atoms with Crippen molar-refractivity contribution in [2.75, 3.05) is 0 Å². The van der Waals surface area contributed by atoms with Crippen LogP contribution in [0, 0.1) is 20.2 Å². The van der Waals surface area contributed by atoms with E-state index in [4.69, 9.17) is 0 Å². The van der Waals surface area contributed by atoms with E-state index >= 15 is 0 Å². The largest absolute Gasteiger partial charge is 0.277 e. The Kier molecular flexibility index (Phi) is 4.30. The number of fused-ring (bicyclic) bond motifs is 1. The SMILES string of the molecule is O=C(N/N=C/c1ccc2nonc2c1)c1cc([N+](=O)[O-])cc([N+](=O)[O-])c1. The normalized spacial score (nSPS) is 10.9. The summed E-state index contributed by atoms with van der Waals surface area (Å²) in [5, 5.41) is 32.7. The van der Waals surface area contributed by atoms with Crippen molar-refractivity contribution < 1.29 is 19.3 Å². The standard InChI is InChI=1S/C14H8N6O6/c21-14(9-4-10(19(22)23)6-11(5-9)20(24)25)16-15-7-8-1-2-12-13(3-8)18-26-17-12/h1-7H,(H,16,21)/b15-7+. The van der Waals surface area contributed by atoms with Gasteiger partial charge in [0.15, 0.2) is 0 Å². The third-order valence-corrected chi connectivity index (χ3v) is 3.24. The topological polar surface area (TPSA) is 167 Å². The van der Waals surface area contributed by atoms with E-state index in [9.17, 15) is 25.0 Å². The third-order valence-electron chi connectivity index (χ3n) is 3.24. The summed E-state index contributed by atoms with van der Waals surface area (Å²) in [5.41, 5.74) is 2.37. The molecule has 0 fully saturated rings. The van der Waals surface area contributed by atoms with Gasteiger partial charge in [-0.1, -0.05) is 6.07 Å². The summed E-state index contributed by atoms with van der Waals surface area (Å²) in [5.74, 6) is -0.836. The molecule has 0 atom stereocenters. The molecule has 0 unspecified atom stereocenters. The van der Waals surface area contributed by atoms with Gasteiger partial charge in [0.25, 0.3) is 17.3 Å². The Morgan fingerprint density at radius 2 is 1.69 bits per heavy atom. The lowest BCUT2D eigenvalue weighted by Gasteiger charge is -2.01. The number of aromatic nitrogens is 2. The summed E-state index contributed by atoms with van der Waals surface area (Å²) in [7, 11) is 0. The van der Waals surface area contributed by atoms with Gasteiger partial charge < -0.3 is 0 Å². The Balaban J connectivity index is 1.78. The molecule has 0 aliphatic heterocycles. The van der Waals surface area contributed by atoms with Crippen LogP contribution in [-0.2, 0) is 0 Å². The van der Waals surface area contributed by atoms with E-state index in [1.807, 2.05) is 0 Å². The number of carbonyl (C=O) groups is 1. The highest BCUT2D eigenvalue weighted by Gasteiger charge is 2.19. The van der Waals surface area contributed by atoms with Crippen LogP contribution in [0.5, 0.6) is 0 Å². The summed E-state index contributed by atoms with van der Waals surface area (Å²) in [6, 6.07) is 7.51. The fraction of sp³-hybridized carbons (Fsp3) is 0. The molecule has 3 aromatic rings. The zero-order valence-corrected chi connectivity index (χ0v) is 12.7. The van der Waals surface area contributed by atoms with Crippen LogP contribution in [0.1, 0.15) is 15.9 Å². The van der Waals surface area contributed by atoms with E-state index in [0.717, 1.165) is 18.2 Å². The number of hydrazone groups is 1. The van der Waals surface area contributed by atoms with Crippen molar-refractivity contribution in [1.29, 1.82) is 0 Å². The first kappa shape index (κ1) is 16.6. The molecule has 1 heterocycles. The number of carbonyl (C=O) groups excluding carboxylic acids is 1. The highest BCUT2D eigenvalue weighted by molar-refractivity contribution is 5.96. The van der Waals surface area contributed by atoms with Crippen LogP contribution in [0.25, 0.3) is 11.0 Å². The maximum atomic E-state index is 12.0. The minimum Gasteiger partial charge on any atom is -0.267 e. The quantitative estimate of drug-likeness (QED) is 0.410. The van der Waals surface area contributed by atoms with Crippen molar-refractivity contribution in [3.63, 3.8) is 0 Å². The third kappa shape index (κ3) is 3.48. The molecule has 12 heteroatoms. The van der Waals surface area contributed by atoms with Crippen molar-refractivity contribution in [2.45, 2.75) is 0 Å². The Morgan fingerprint density at radius 3 is 2.35 bits per heavy atom. The molecule has 0 saturated heterocycles. The second-order valence-corrected chi connectivity index (χ2v) is 4.96. The summed E-state index contributed by atoms with van der Waals surface area (Å²) >= 11 is 0. The fourth-order valence-electron chi connectivity index (χ4n) is 2.05. The van der Waals surface area contributed by atoms with Crippen molar-refractivity contribution in [3.05, 3.63) is 67.8 Å². The van der Waals surface area contributed by atoms with Gasteiger partial charge in [-0.25, -0.2) is 10.1 Å². The Hall–Kier alpha value is -4.22. The van der Waals surface area contributed by atoms with Crippen LogP contribution in [-0.4, -0.2) is 32.3 Å². The zero-order valence-electron chi connectivity index (χ0n) is 12.7. The van der Waals surface area contributed by atoms with E-state index in [-0.39, 0.29) is 5.56 Å². The fourth-order valence-corrected chi connectivity index (χ4v) is 2.05. The van der Waals surface area contributed by atoms with Crippen LogP contribution in [0.15, 0.2) is 46.1 Å². The molecular formula is C14H8N6O6. The molecule has 3 rings (SSSR count). The van der Waals surface area contributed by atoms with Crippen molar-refractivity contribution in [2.24, 2.45) is 5.10 Å². The average molecular weight is 356 g/mol. The van der Waals surface area contributed by atoms with Gasteiger partial charge in [-0.05, 0) is 28.0 Å². The van der Waals surface area contributed by atoms with Crippen LogP contribution >= 0.6 is 0 Å². The van der Waals surface area contributed by atoms with Gasteiger partial charge in [0.2, 0.25) is 0 Å². The number of hydrogen-bond acceptors (Lipinski definition) is 9. The van der Waals surface area contributed by atoms with Gasteiger partial charge in [0, 0.05) is 12.1 Å². The van der Waals surface area contributed by atoms with Gasteiger partial charge in [-0.2, -0.15) is 5.10 Å². The molecule has 2 aromatic carbocycles. The van der Waals surface area contributed by atoms with E-state index in [1.54, 1.807) is 18.2 Å². The average Bonchev–Trinajstić information content (AvgIpc) is 3.08. The lowest BCUT2D eigenvalue weighted by atomic mass is 10.1. The Labute approximate surface area is 143 Å². The predicted molar refractivity (Wildman–Crippen MR) is 86.6 cm³/mol. The van der Waals surface area contributed by atoms with Gasteiger partial charge in [-0.15, -0.1) is 0 Å². The molecule has 1 amide bonds. The number of benzene rings is 2. The molecule has 0 bridgehead atoms. The summed E-state index contributed by atoms with van der Waals surface area (Å²) in [6.45, 7) is 0. The van der Waals surface area contributed by atoms with Gasteiger partial charge in [0.05, 0.1) is 27.7 Å². The van der Waals surface area contributed by atoms with E-state index in [2.05, 4.69) is 25.5 Å². The Bertz CT molecular complexity index is 1030. The molecule has 0 saturated carbocycles. The van der Waals surface area contributed by atoms with E-state index in [0.29, 0.717) is 16.6 Å². The maximum Gasteiger partial charge on any atom is 0.277 e. The zero-order chi connectivity index (χ0) is 18.7. The number of nitro benzene ring substituents is 2. The number of hydrogen-bond donors (Lipinski definition) is 1. The minimum atomic E-state index is -0.836. The molecule has 0 aliphatic carbocycles. The first-order chi connectivity index (χ1) is 12.4. The molecule has 12 nitrogen and oxygen atoms in total. The summed E-state index contributed by atoms with van der Waals surface area (Å²) < 4.78 is 4.56.